The molecule has 0 saturated carbocycles. The Morgan fingerprint density at radius 3 is 2.88 bits per heavy atom. The highest BCUT2D eigenvalue weighted by atomic mass is 35.5. The molecule has 86 valence electrons. The van der Waals surface area contributed by atoms with E-state index in [1.54, 1.807) is 17.4 Å². The van der Waals surface area contributed by atoms with Crippen LogP contribution in [0.4, 0.5) is 0 Å². The third-order valence-corrected chi connectivity index (χ3v) is 4.67. The second-order valence-corrected chi connectivity index (χ2v) is 6.36. The minimum Gasteiger partial charge on any atom is -0.341 e. The van der Waals surface area contributed by atoms with E-state index in [0.717, 1.165) is 21.1 Å². The number of fused-ring (bicyclic) bond motifs is 1. The highest BCUT2D eigenvalue weighted by Gasteiger charge is 2.05. The summed E-state index contributed by atoms with van der Waals surface area (Å²) in [5, 5.41) is 1.95. The Morgan fingerprint density at radius 2 is 2.12 bits per heavy atom. The van der Waals surface area contributed by atoms with Crippen LogP contribution in [0, 0.1) is 0 Å². The molecular weight excluding hydrogens is 274 g/mol. The summed E-state index contributed by atoms with van der Waals surface area (Å²) in [5.74, 6) is 0. The van der Waals surface area contributed by atoms with Crippen molar-refractivity contribution in [2.45, 2.75) is 6.54 Å². The van der Waals surface area contributed by atoms with Crippen LogP contribution >= 0.6 is 34.3 Å². The van der Waals surface area contributed by atoms with Gasteiger partial charge in [0.1, 0.15) is 0 Å². The minimum atomic E-state index is 0.0930. The van der Waals surface area contributed by atoms with Crippen LogP contribution in [0.1, 0.15) is 4.88 Å². The van der Waals surface area contributed by atoms with Gasteiger partial charge in [-0.3, -0.25) is 4.79 Å². The maximum atomic E-state index is 11.6. The summed E-state index contributed by atoms with van der Waals surface area (Å²) in [7, 11) is 0. The molecular formula is C12H8ClNOS2. The molecule has 0 radical (unpaired) electrons. The van der Waals surface area contributed by atoms with Gasteiger partial charge in [0.05, 0.1) is 21.1 Å². The van der Waals surface area contributed by atoms with Gasteiger partial charge in [-0.2, -0.15) is 0 Å². The fraction of sp³-hybridized carbons (Fsp3) is 0.0833. The summed E-state index contributed by atoms with van der Waals surface area (Å²) < 4.78 is 3.69. The molecule has 0 atom stereocenters. The van der Waals surface area contributed by atoms with Gasteiger partial charge in [0.2, 0.25) is 0 Å². The van der Waals surface area contributed by atoms with E-state index in [1.165, 1.54) is 16.2 Å². The predicted octanol–water partition coefficient (Wildman–Crippen LogP) is 3.83. The van der Waals surface area contributed by atoms with Gasteiger partial charge < -0.3 is 4.57 Å². The van der Waals surface area contributed by atoms with Crippen molar-refractivity contribution < 1.29 is 0 Å². The van der Waals surface area contributed by atoms with Crippen molar-refractivity contribution in [2.24, 2.45) is 0 Å². The SMILES string of the molecule is O=c1ccn(Cc2ccc(Cl)s2)c2ccsc12. The molecule has 0 N–H and O–H groups in total. The number of aromatic nitrogens is 1. The lowest BCUT2D eigenvalue weighted by Gasteiger charge is -2.06. The lowest BCUT2D eigenvalue weighted by molar-refractivity contribution is 0.841. The summed E-state index contributed by atoms with van der Waals surface area (Å²) in [4.78, 5) is 12.8. The summed E-state index contributed by atoms with van der Waals surface area (Å²) in [6.07, 6.45) is 1.84. The van der Waals surface area contributed by atoms with E-state index in [9.17, 15) is 4.79 Å². The lowest BCUT2D eigenvalue weighted by Crippen LogP contribution is -2.05. The van der Waals surface area contributed by atoms with Gasteiger partial charge in [0.25, 0.3) is 0 Å². The van der Waals surface area contributed by atoms with Crippen LogP contribution < -0.4 is 5.43 Å². The molecule has 2 nitrogen and oxygen atoms in total. The van der Waals surface area contributed by atoms with Gasteiger partial charge in [0, 0.05) is 17.1 Å². The average molecular weight is 282 g/mol. The largest absolute Gasteiger partial charge is 0.341 e. The Balaban J connectivity index is 2.09. The first kappa shape index (κ1) is 11.0. The Bertz CT molecular complexity index is 725. The first-order valence-corrected chi connectivity index (χ1v) is 7.12. The Kier molecular flexibility index (Phi) is 2.78. The van der Waals surface area contributed by atoms with Gasteiger partial charge in [0.15, 0.2) is 5.43 Å². The third kappa shape index (κ3) is 2.04. The van der Waals surface area contributed by atoms with Gasteiger partial charge in [-0.15, -0.1) is 22.7 Å². The van der Waals surface area contributed by atoms with Crippen LogP contribution in [0.5, 0.6) is 0 Å². The van der Waals surface area contributed by atoms with Crippen molar-refractivity contribution in [1.29, 1.82) is 0 Å². The highest BCUT2D eigenvalue weighted by molar-refractivity contribution is 7.17. The number of hydrogen-bond donors (Lipinski definition) is 0. The highest BCUT2D eigenvalue weighted by Crippen LogP contribution is 2.24. The Hall–Kier alpha value is -1.10. The maximum Gasteiger partial charge on any atom is 0.199 e. The van der Waals surface area contributed by atoms with E-state index in [4.69, 9.17) is 11.6 Å². The van der Waals surface area contributed by atoms with Crippen LogP contribution in [-0.2, 0) is 6.54 Å². The van der Waals surface area contributed by atoms with Gasteiger partial charge >= 0.3 is 0 Å². The second kappa shape index (κ2) is 4.29. The molecule has 0 aliphatic carbocycles. The van der Waals surface area contributed by atoms with E-state index in [2.05, 4.69) is 4.57 Å². The normalized spacial score (nSPS) is 11.1. The molecule has 0 saturated heterocycles. The fourth-order valence-corrected chi connectivity index (χ4v) is 3.68. The number of thiophene rings is 2. The van der Waals surface area contributed by atoms with Crippen LogP contribution in [0.15, 0.2) is 40.6 Å². The fourth-order valence-electron chi connectivity index (χ4n) is 1.77. The molecule has 0 aromatic carbocycles. The monoisotopic (exact) mass is 281 g/mol. The molecule has 3 aromatic rings. The standard InChI is InChI=1S/C12H8ClNOS2/c13-11-2-1-8(17-11)7-14-5-3-10(15)12-9(14)4-6-16-12/h1-6H,7H2. The number of halogens is 1. The van der Waals surface area contributed by atoms with E-state index >= 15 is 0 Å². The molecule has 3 rings (SSSR count). The number of nitrogens with zero attached hydrogens (tertiary/aromatic N) is 1. The van der Waals surface area contributed by atoms with Gasteiger partial charge in [-0.1, -0.05) is 11.6 Å². The Labute approximate surface area is 111 Å². The maximum absolute atomic E-state index is 11.6. The summed E-state index contributed by atoms with van der Waals surface area (Å²) in [6.45, 7) is 0.755. The van der Waals surface area contributed by atoms with Crippen LogP contribution in [-0.4, -0.2) is 4.57 Å². The van der Waals surface area contributed by atoms with Crippen molar-refractivity contribution in [3.05, 3.63) is 55.3 Å². The minimum absolute atomic E-state index is 0.0930. The molecule has 0 spiro atoms. The zero-order valence-corrected chi connectivity index (χ0v) is 11.1. The smallest absolute Gasteiger partial charge is 0.199 e. The van der Waals surface area contributed by atoms with Gasteiger partial charge in [-0.05, 0) is 23.6 Å². The topological polar surface area (TPSA) is 22.0 Å². The molecule has 0 fully saturated rings. The van der Waals surface area contributed by atoms with Crippen molar-refractivity contribution in [2.75, 3.05) is 0 Å². The van der Waals surface area contributed by atoms with Crippen LogP contribution in [0.25, 0.3) is 10.2 Å². The van der Waals surface area contributed by atoms with Crippen LogP contribution in [0.2, 0.25) is 4.34 Å². The first-order valence-electron chi connectivity index (χ1n) is 5.05. The number of pyridine rings is 1. The first-order chi connectivity index (χ1) is 8.24. The molecule has 0 aliphatic heterocycles. The van der Waals surface area contributed by atoms with E-state index in [-0.39, 0.29) is 5.43 Å². The molecule has 0 bridgehead atoms. The third-order valence-electron chi connectivity index (χ3n) is 2.54. The van der Waals surface area contributed by atoms with Gasteiger partial charge in [-0.25, -0.2) is 0 Å². The molecule has 0 aliphatic rings. The Morgan fingerprint density at radius 1 is 1.24 bits per heavy atom. The zero-order chi connectivity index (χ0) is 11.8. The molecule has 0 amide bonds. The number of hydrogen-bond acceptors (Lipinski definition) is 3. The summed E-state index contributed by atoms with van der Waals surface area (Å²) in [5.41, 5.74) is 1.09. The van der Waals surface area contributed by atoms with Crippen molar-refractivity contribution in [1.82, 2.24) is 4.57 Å². The molecule has 17 heavy (non-hydrogen) atoms. The summed E-state index contributed by atoms with van der Waals surface area (Å²) >= 11 is 8.97. The molecule has 5 heteroatoms. The lowest BCUT2D eigenvalue weighted by atomic mass is 10.3. The van der Waals surface area contributed by atoms with E-state index < -0.39 is 0 Å². The average Bonchev–Trinajstić information content (AvgIpc) is 2.92. The quantitative estimate of drug-likeness (QED) is 0.700. The molecule has 3 aromatic heterocycles. The van der Waals surface area contributed by atoms with Crippen molar-refractivity contribution in [3.8, 4) is 0 Å². The van der Waals surface area contributed by atoms with E-state index in [1.807, 2.05) is 29.8 Å². The van der Waals surface area contributed by atoms with Crippen LogP contribution in [0.3, 0.4) is 0 Å². The second-order valence-electron chi connectivity index (χ2n) is 3.65. The zero-order valence-electron chi connectivity index (χ0n) is 8.72. The van der Waals surface area contributed by atoms with Crippen molar-refractivity contribution >= 4 is 44.5 Å². The van der Waals surface area contributed by atoms with Crippen molar-refractivity contribution in [3.63, 3.8) is 0 Å². The number of rotatable bonds is 2. The molecule has 3 heterocycles. The van der Waals surface area contributed by atoms with E-state index in [0.29, 0.717) is 0 Å². The predicted molar refractivity (Wildman–Crippen MR) is 74.5 cm³/mol. The summed E-state index contributed by atoms with van der Waals surface area (Å²) in [6, 6.07) is 7.52. The molecule has 0 unspecified atom stereocenters.